The molecule has 1 aliphatic carbocycles. The molecule has 0 aromatic rings. The Morgan fingerprint density at radius 3 is 1.65 bits per heavy atom. The first-order chi connectivity index (χ1) is 7.86. The number of methoxy groups -OCH3 is 2. The van der Waals surface area contributed by atoms with Crippen molar-refractivity contribution in [3.8, 4) is 0 Å². The molecule has 5 radical (unpaired) electrons. The SMILES string of the molecule is CO[C]1[CH][CH][C](OC)C[CH]1.[C-]#[O+].[C-]#[O+].[C-]#[O+].[Fe]. The van der Waals surface area contributed by atoms with Crippen molar-refractivity contribution in [1.82, 2.24) is 0 Å². The number of hydrogen-bond acceptors (Lipinski definition) is 2. The summed E-state index contributed by atoms with van der Waals surface area (Å²) in [5, 5.41) is 0. The van der Waals surface area contributed by atoms with Crippen LogP contribution in [0.2, 0.25) is 0 Å². The molecule has 93 valence electrons. The van der Waals surface area contributed by atoms with Crippen LogP contribution >= 0.6 is 0 Å². The molecular weight excluding hydrogens is 268 g/mol. The molecule has 0 aliphatic heterocycles. The van der Waals surface area contributed by atoms with Crippen molar-refractivity contribution in [3.63, 3.8) is 0 Å². The maximum atomic E-state index is 7.50. The van der Waals surface area contributed by atoms with Crippen LogP contribution in [-0.2, 0) is 40.5 Å². The molecule has 1 aliphatic rings. The first kappa shape index (κ1) is 25.5. The van der Waals surface area contributed by atoms with Crippen LogP contribution in [0.4, 0.5) is 0 Å². The zero-order valence-electron chi connectivity index (χ0n) is 9.33. The minimum Gasteiger partial charge on any atom is 0 e. The van der Waals surface area contributed by atoms with Gasteiger partial charge < -0.3 is 9.47 Å². The van der Waals surface area contributed by atoms with E-state index in [2.05, 4.69) is 20.0 Å². The van der Waals surface area contributed by atoms with Gasteiger partial charge in [0.1, 0.15) is 12.2 Å². The normalized spacial score (nSPS) is 14.1. The van der Waals surface area contributed by atoms with Crippen LogP contribution in [0.1, 0.15) is 6.42 Å². The van der Waals surface area contributed by atoms with E-state index in [1.54, 1.807) is 14.2 Å². The van der Waals surface area contributed by atoms with Crippen LogP contribution in [0, 0.1) is 51.4 Å². The Bertz CT molecular complexity index is 156. The van der Waals surface area contributed by atoms with E-state index < -0.39 is 0 Å². The minimum absolute atomic E-state index is 0. The number of rotatable bonds is 2. The molecule has 0 N–H and O–H groups in total. The van der Waals surface area contributed by atoms with Crippen molar-refractivity contribution >= 4 is 0 Å². The van der Waals surface area contributed by atoms with Crippen molar-refractivity contribution in [2.24, 2.45) is 0 Å². The third kappa shape index (κ3) is 15.7. The van der Waals surface area contributed by atoms with Crippen molar-refractivity contribution in [1.29, 1.82) is 0 Å². The summed E-state index contributed by atoms with van der Waals surface area (Å²) in [6.45, 7) is 13.5. The Morgan fingerprint density at radius 2 is 1.41 bits per heavy atom. The molecular formula is C11H11FeO5. The third-order valence-electron chi connectivity index (χ3n) is 1.44. The van der Waals surface area contributed by atoms with Gasteiger partial charge in [0, 0.05) is 44.1 Å². The fourth-order valence-corrected chi connectivity index (χ4v) is 0.815. The van der Waals surface area contributed by atoms with Gasteiger partial charge in [0.25, 0.3) is 0 Å². The molecule has 0 bridgehead atoms. The van der Waals surface area contributed by atoms with E-state index in [4.69, 9.17) is 23.4 Å². The van der Waals surface area contributed by atoms with Gasteiger partial charge in [-0.3, -0.25) is 0 Å². The molecule has 0 unspecified atom stereocenters. The van der Waals surface area contributed by atoms with Crippen LogP contribution in [0.25, 0.3) is 0 Å². The largest absolute Gasteiger partial charge is 0 e. The van der Waals surface area contributed by atoms with Crippen molar-refractivity contribution in [3.05, 3.63) is 51.4 Å². The summed E-state index contributed by atoms with van der Waals surface area (Å²) in [5.74, 6) is 0. The fraction of sp³-hybridized carbons (Fsp3) is 0.273. The Morgan fingerprint density at radius 1 is 0.941 bits per heavy atom. The molecule has 0 aromatic heterocycles. The quantitative estimate of drug-likeness (QED) is 0.433. The summed E-state index contributed by atoms with van der Waals surface area (Å²) in [6, 6.07) is 0. The van der Waals surface area contributed by atoms with Crippen LogP contribution in [-0.4, -0.2) is 14.2 Å². The van der Waals surface area contributed by atoms with Gasteiger partial charge in [0.2, 0.25) is 0 Å². The van der Waals surface area contributed by atoms with E-state index in [-0.39, 0.29) is 17.1 Å². The summed E-state index contributed by atoms with van der Waals surface area (Å²) in [4.78, 5) is 0. The molecule has 0 aromatic carbocycles. The van der Waals surface area contributed by atoms with Gasteiger partial charge >= 0.3 is 33.9 Å². The summed E-state index contributed by atoms with van der Waals surface area (Å²) in [5.41, 5.74) is 0. The number of hydrogen-bond donors (Lipinski definition) is 0. The van der Waals surface area contributed by atoms with Gasteiger partial charge in [-0.2, -0.15) is 0 Å². The first-order valence-electron chi connectivity index (χ1n) is 3.80. The molecule has 0 spiro atoms. The maximum Gasteiger partial charge on any atom is 0 e. The van der Waals surface area contributed by atoms with Crippen molar-refractivity contribution in [2.75, 3.05) is 14.2 Å². The summed E-state index contributed by atoms with van der Waals surface area (Å²) in [6.07, 6.45) is 8.50. The monoisotopic (exact) mass is 279 g/mol. The standard InChI is InChI=1S/C8H11O2.3CO.Fe/c1-9-7-3-5-8(10-2)6-4-7;3*1-2;/h3-5H,6H2,1-2H3;;;;. The predicted octanol–water partition coefficient (Wildman–Crippen LogP) is 1.24. The van der Waals surface area contributed by atoms with Crippen LogP contribution in [0.5, 0.6) is 0 Å². The molecule has 6 heteroatoms. The average Bonchev–Trinajstić information content (AvgIpc) is 2.45. The average molecular weight is 279 g/mol. The molecule has 0 heterocycles. The summed E-state index contributed by atoms with van der Waals surface area (Å²) >= 11 is 0. The van der Waals surface area contributed by atoms with Crippen LogP contribution in [0.15, 0.2) is 0 Å². The minimum atomic E-state index is 0. The van der Waals surface area contributed by atoms with E-state index in [1.807, 2.05) is 19.3 Å². The van der Waals surface area contributed by atoms with Gasteiger partial charge in [-0.05, 0) is 12.8 Å². The van der Waals surface area contributed by atoms with Crippen molar-refractivity contribution in [2.45, 2.75) is 6.42 Å². The third-order valence-corrected chi connectivity index (χ3v) is 1.44. The maximum absolute atomic E-state index is 7.50. The second kappa shape index (κ2) is 24.8. The molecule has 0 atom stereocenters. The summed E-state index contributed by atoms with van der Waals surface area (Å²) < 4.78 is 32.5. The van der Waals surface area contributed by atoms with Gasteiger partial charge in [-0.1, -0.05) is 0 Å². The van der Waals surface area contributed by atoms with E-state index in [0.717, 1.165) is 18.6 Å². The molecule has 0 amide bonds. The molecule has 5 nitrogen and oxygen atoms in total. The molecule has 1 saturated carbocycles. The molecule has 1 fully saturated rings. The van der Waals surface area contributed by atoms with E-state index in [1.165, 1.54) is 0 Å². The first-order valence-corrected chi connectivity index (χ1v) is 3.80. The van der Waals surface area contributed by atoms with Crippen LogP contribution < -0.4 is 0 Å². The fourth-order valence-electron chi connectivity index (χ4n) is 0.815. The van der Waals surface area contributed by atoms with E-state index >= 15 is 0 Å². The van der Waals surface area contributed by atoms with E-state index in [0.29, 0.717) is 0 Å². The molecule has 0 saturated heterocycles. The molecule has 1 rings (SSSR count). The van der Waals surface area contributed by atoms with Gasteiger partial charge in [0.05, 0.1) is 0 Å². The van der Waals surface area contributed by atoms with Gasteiger partial charge in [-0.25, -0.2) is 0 Å². The second-order valence-corrected chi connectivity index (χ2v) is 2.02. The topological polar surface area (TPSA) is 78.2 Å². The zero-order valence-corrected chi connectivity index (χ0v) is 10.4. The molecule has 17 heavy (non-hydrogen) atoms. The predicted molar refractivity (Wildman–Crippen MR) is 49.8 cm³/mol. The zero-order chi connectivity index (χ0) is 13.4. The second-order valence-electron chi connectivity index (χ2n) is 2.02. The van der Waals surface area contributed by atoms with Gasteiger partial charge in [0.15, 0.2) is 0 Å². The van der Waals surface area contributed by atoms with Gasteiger partial charge in [-0.15, -0.1) is 0 Å². The smallest absolute Gasteiger partial charge is 0 e. The number of ether oxygens (including phenoxy) is 2. The Balaban J connectivity index is -0.000000106. The Kier molecular flexibility index (Phi) is 37.1. The van der Waals surface area contributed by atoms with Crippen molar-refractivity contribution < 1.29 is 40.5 Å². The Labute approximate surface area is 113 Å². The van der Waals surface area contributed by atoms with Crippen LogP contribution in [0.3, 0.4) is 0 Å². The van der Waals surface area contributed by atoms with E-state index in [9.17, 15) is 0 Å². The Hall–Kier alpha value is -0.341. The summed E-state index contributed by atoms with van der Waals surface area (Å²) in [7, 11) is 3.33.